The third-order valence-electron chi connectivity index (χ3n) is 4.23. The first kappa shape index (κ1) is 21.0. The van der Waals surface area contributed by atoms with E-state index in [2.05, 4.69) is 20.6 Å². The summed E-state index contributed by atoms with van der Waals surface area (Å²) in [6.07, 6.45) is 1.45. The number of hydrazine groups is 1. The molecule has 0 radical (unpaired) electrons. The van der Waals surface area contributed by atoms with Gasteiger partial charge in [-0.1, -0.05) is 29.8 Å². The number of rotatable bonds is 5. The predicted molar refractivity (Wildman–Crippen MR) is 112 cm³/mol. The summed E-state index contributed by atoms with van der Waals surface area (Å²) in [5, 5.41) is 0. The van der Waals surface area contributed by atoms with E-state index in [1.54, 1.807) is 43.3 Å². The number of pyridine rings is 1. The number of nitrogens with one attached hydrogen (secondary N) is 3. The van der Waals surface area contributed by atoms with Gasteiger partial charge in [-0.15, -0.1) is 0 Å². The van der Waals surface area contributed by atoms with Crippen LogP contribution >= 0.6 is 0 Å². The third-order valence-corrected chi connectivity index (χ3v) is 5.75. The zero-order valence-corrected chi connectivity index (χ0v) is 17.2. The summed E-state index contributed by atoms with van der Waals surface area (Å²) in [7, 11) is -3.91. The highest BCUT2D eigenvalue weighted by molar-refractivity contribution is 7.92. The van der Waals surface area contributed by atoms with Gasteiger partial charge in [-0.05, 0) is 55.8 Å². The van der Waals surface area contributed by atoms with Gasteiger partial charge in [0.05, 0.1) is 4.90 Å². The lowest BCUT2D eigenvalue weighted by Gasteiger charge is -2.13. The first-order valence-corrected chi connectivity index (χ1v) is 10.5. The molecule has 0 aliphatic heterocycles. The Hall–Kier alpha value is -3.72. The normalized spacial score (nSPS) is 10.9. The van der Waals surface area contributed by atoms with E-state index in [0.717, 1.165) is 5.56 Å². The number of nitrogens with zero attached hydrogens (tertiary/aromatic N) is 1. The van der Waals surface area contributed by atoms with Crippen LogP contribution in [0.2, 0.25) is 0 Å². The maximum absolute atomic E-state index is 12.8. The Bertz CT molecular complexity index is 1180. The van der Waals surface area contributed by atoms with Crippen LogP contribution in [-0.2, 0) is 10.0 Å². The molecule has 3 aromatic rings. The molecule has 0 spiro atoms. The lowest BCUT2D eigenvalue weighted by Crippen LogP contribution is -2.42. The molecule has 0 unspecified atom stereocenters. The van der Waals surface area contributed by atoms with Crippen LogP contribution in [0.25, 0.3) is 0 Å². The van der Waals surface area contributed by atoms with Crippen molar-refractivity contribution in [2.45, 2.75) is 18.7 Å². The van der Waals surface area contributed by atoms with Gasteiger partial charge in [-0.3, -0.25) is 30.1 Å². The Labute approximate surface area is 174 Å². The molecule has 3 rings (SSSR count). The van der Waals surface area contributed by atoms with Gasteiger partial charge in [0.25, 0.3) is 21.8 Å². The quantitative estimate of drug-likeness (QED) is 0.544. The smallest absolute Gasteiger partial charge is 0.280 e. The first-order valence-electron chi connectivity index (χ1n) is 8.98. The second-order valence-electron chi connectivity index (χ2n) is 6.58. The second-order valence-corrected chi connectivity index (χ2v) is 8.23. The number of amides is 2. The van der Waals surface area contributed by atoms with E-state index < -0.39 is 21.8 Å². The summed E-state index contributed by atoms with van der Waals surface area (Å²) in [5.74, 6) is -1.25. The minimum atomic E-state index is -3.91. The number of sulfonamides is 1. The SMILES string of the molecule is Cc1ccc(NS(=O)(=O)c2cc(C(=O)NNC(=O)c3ccccn3)ccc2C)cc1. The van der Waals surface area contributed by atoms with Crippen LogP contribution < -0.4 is 15.6 Å². The number of aryl methyl sites for hydroxylation is 2. The van der Waals surface area contributed by atoms with E-state index in [4.69, 9.17) is 0 Å². The number of benzene rings is 2. The molecular weight excluding hydrogens is 404 g/mol. The number of hydrogen-bond acceptors (Lipinski definition) is 5. The Morgan fingerprint density at radius 1 is 0.867 bits per heavy atom. The standard InChI is InChI=1S/C21H20N4O4S/c1-14-6-10-17(11-7-14)25-30(28,29)19-13-16(9-8-15(19)2)20(26)23-24-21(27)18-5-3-4-12-22-18/h3-13,25H,1-2H3,(H,23,26)(H,24,27). The minimum absolute atomic E-state index is 0.0354. The molecule has 0 saturated carbocycles. The Morgan fingerprint density at radius 2 is 1.57 bits per heavy atom. The monoisotopic (exact) mass is 424 g/mol. The fraction of sp³-hybridized carbons (Fsp3) is 0.0952. The van der Waals surface area contributed by atoms with E-state index in [1.165, 1.54) is 30.5 Å². The van der Waals surface area contributed by atoms with Crippen molar-refractivity contribution in [1.82, 2.24) is 15.8 Å². The molecule has 0 atom stereocenters. The number of aromatic nitrogens is 1. The molecule has 0 aliphatic rings. The Kier molecular flexibility index (Phi) is 6.12. The molecule has 2 aromatic carbocycles. The topological polar surface area (TPSA) is 117 Å². The molecule has 0 bridgehead atoms. The van der Waals surface area contributed by atoms with Crippen molar-refractivity contribution in [3.63, 3.8) is 0 Å². The molecular formula is C21H20N4O4S. The van der Waals surface area contributed by atoms with Gasteiger partial charge in [-0.2, -0.15) is 0 Å². The van der Waals surface area contributed by atoms with Crippen molar-refractivity contribution in [3.8, 4) is 0 Å². The van der Waals surface area contributed by atoms with Crippen molar-refractivity contribution >= 4 is 27.5 Å². The van der Waals surface area contributed by atoms with E-state index in [1.807, 2.05) is 6.92 Å². The highest BCUT2D eigenvalue weighted by atomic mass is 32.2. The van der Waals surface area contributed by atoms with E-state index in [-0.39, 0.29) is 16.2 Å². The molecule has 0 aliphatic carbocycles. The second kappa shape index (κ2) is 8.75. The number of hydrogen-bond donors (Lipinski definition) is 3. The first-order chi connectivity index (χ1) is 14.3. The molecule has 3 N–H and O–H groups in total. The summed E-state index contributed by atoms with van der Waals surface area (Å²) in [4.78, 5) is 28.2. The zero-order chi connectivity index (χ0) is 21.7. The fourth-order valence-electron chi connectivity index (χ4n) is 2.61. The van der Waals surface area contributed by atoms with Gasteiger partial charge in [0.2, 0.25) is 0 Å². The summed E-state index contributed by atoms with van der Waals surface area (Å²) in [5.41, 5.74) is 6.60. The van der Waals surface area contributed by atoms with Gasteiger partial charge in [0.15, 0.2) is 0 Å². The van der Waals surface area contributed by atoms with Crippen molar-refractivity contribution < 1.29 is 18.0 Å². The predicted octanol–water partition coefficient (Wildman–Crippen LogP) is 2.57. The number of anilines is 1. The number of carbonyl (C=O) groups is 2. The molecule has 0 saturated heterocycles. The van der Waals surface area contributed by atoms with Gasteiger partial charge in [0, 0.05) is 17.4 Å². The van der Waals surface area contributed by atoms with Gasteiger partial charge < -0.3 is 0 Å². The molecule has 8 nitrogen and oxygen atoms in total. The highest BCUT2D eigenvalue weighted by Crippen LogP contribution is 2.21. The summed E-state index contributed by atoms with van der Waals surface area (Å²) >= 11 is 0. The van der Waals surface area contributed by atoms with Crippen LogP contribution in [0.4, 0.5) is 5.69 Å². The average Bonchev–Trinajstić information content (AvgIpc) is 2.74. The van der Waals surface area contributed by atoms with E-state index in [0.29, 0.717) is 11.3 Å². The maximum Gasteiger partial charge on any atom is 0.288 e. The third kappa shape index (κ3) is 5.00. The lowest BCUT2D eigenvalue weighted by molar-refractivity contribution is 0.0844. The summed E-state index contributed by atoms with van der Waals surface area (Å²) in [6.45, 7) is 3.53. The number of carbonyl (C=O) groups excluding carboxylic acids is 2. The van der Waals surface area contributed by atoms with Crippen LogP contribution in [0.5, 0.6) is 0 Å². The van der Waals surface area contributed by atoms with E-state index >= 15 is 0 Å². The molecule has 0 fully saturated rings. The Morgan fingerprint density at radius 3 is 2.23 bits per heavy atom. The maximum atomic E-state index is 12.8. The van der Waals surface area contributed by atoms with E-state index in [9.17, 15) is 18.0 Å². The lowest BCUT2D eigenvalue weighted by atomic mass is 10.1. The van der Waals surface area contributed by atoms with Crippen LogP contribution in [0.15, 0.2) is 71.8 Å². The van der Waals surface area contributed by atoms with Crippen molar-refractivity contribution in [2.75, 3.05) is 4.72 Å². The highest BCUT2D eigenvalue weighted by Gasteiger charge is 2.20. The van der Waals surface area contributed by atoms with Crippen LogP contribution in [-0.4, -0.2) is 25.2 Å². The molecule has 30 heavy (non-hydrogen) atoms. The van der Waals surface area contributed by atoms with Gasteiger partial charge in [0.1, 0.15) is 5.69 Å². The largest absolute Gasteiger partial charge is 0.288 e. The molecule has 9 heteroatoms. The Balaban J connectivity index is 1.76. The summed E-state index contributed by atoms with van der Waals surface area (Å²) < 4.78 is 28.1. The van der Waals surface area contributed by atoms with Crippen molar-refractivity contribution in [1.29, 1.82) is 0 Å². The molecule has 1 aromatic heterocycles. The molecule has 2 amide bonds. The van der Waals surface area contributed by atoms with Gasteiger partial charge in [-0.25, -0.2) is 8.42 Å². The molecule has 1 heterocycles. The van der Waals surface area contributed by atoms with Crippen LogP contribution in [0.1, 0.15) is 32.0 Å². The van der Waals surface area contributed by atoms with Crippen molar-refractivity contribution in [2.24, 2.45) is 0 Å². The van der Waals surface area contributed by atoms with Crippen LogP contribution in [0, 0.1) is 13.8 Å². The summed E-state index contributed by atoms with van der Waals surface area (Å²) in [6, 6.07) is 16.0. The minimum Gasteiger partial charge on any atom is -0.280 e. The average molecular weight is 424 g/mol. The fourth-order valence-corrected chi connectivity index (χ4v) is 3.94. The van der Waals surface area contributed by atoms with Crippen LogP contribution in [0.3, 0.4) is 0 Å². The van der Waals surface area contributed by atoms with Gasteiger partial charge >= 0.3 is 0 Å². The zero-order valence-electron chi connectivity index (χ0n) is 16.3. The molecule has 154 valence electrons. The van der Waals surface area contributed by atoms with Crippen molar-refractivity contribution in [3.05, 3.63) is 89.2 Å².